The zero-order valence-corrected chi connectivity index (χ0v) is 17.4. The monoisotopic (exact) mass is 416 g/mol. The molecule has 1 heterocycles. The van der Waals surface area contributed by atoms with Crippen LogP contribution in [-0.2, 0) is 20.8 Å². The third kappa shape index (κ3) is 4.42. The lowest BCUT2D eigenvalue weighted by molar-refractivity contribution is 0.192. The summed E-state index contributed by atoms with van der Waals surface area (Å²) in [5.74, 6) is 0. The first-order valence-corrected chi connectivity index (χ1v) is 10.5. The number of hydrogen-bond acceptors (Lipinski definition) is 5. The van der Waals surface area contributed by atoms with Crippen LogP contribution in [-0.4, -0.2) is 45.0 Å². The fourth-order valence-corrected chi connectivity index (χ4v) is 3.77. The number of aryl methyl sites for hydroxylation is 1. The van der Waals surface area contributed by atoms with Crippen molar-refractivity contribution in [3.8, 4) is 0 Å². The summed E-state index contributed by atoms with van der Waals surface area (Å²) in [6.45, 7) is 2.32. The van der Waals surface area contributed by atoms with Gasteiger partial charge >= 0.3 is 16.1 Å². The number of urea groups is 1. The molecule has 0 aliphatic rings. The van der Waals surface area contributed by atoms with Gasteiger partial charge in [-0.05, 0) is 55.8 Å². The first-order valence-electron chi connectivity index (χ1n) is 9.05. The van der Waals surface area contributed by atoms with Crippen LogP contribution in [0.25, 0.3) is 10.9 Å². The Morgan fingerprint density at radius 2 is 1.83 bits per heavy atom. The number of anilines is 1. The zero-order chi connectivity index (χ0) is 21.2. The van der Waals surface area contributed by atoms with Crippen LogP contribution >= 0.6 is 0 Å². The highest BCUT2D eigenvalue weighted by Gasteiger charge is 2.27. The van der Waals surface area contributed by atoms with Crippen LogP contribution in [0.4, 0.5) is 10.5 Å². The lowest BCUT2D eigenvalue weighted by atomic mass is 10.1. The fourth-order valence-electron chi connectivity index (χ4n) is 2.87. The predicted octanol–water partition coefficient (Wildman–Crippen LogP) is 2.79. The van der Waals surface area contributed by atoms with Gasteiger partial charge in [-0.25, -0.2) is 4.79 Å². The first kappa shape index (κ1) is 20.8. The molecule has 0 bridgehead atoms. The number of fused-ring (bicyclic) bond motifs is 1. The van der Waals surface area contributed by atoms with Crippen molar-refractivity contribution in [2.75, 3.05) is 25.7 Å². The van der Waals surface area contributed by atoms with Gasteiger partial charge in [-0.15, -0.1) is 4.28 Å². The van der Waals surface area contributed by atoms with Crippen LogP contribution in [0.3, 0.4) is 0 Å². The Hall–Kier alpha value is -2.88. The van der Waals surface area contributed by atoms with Gasteiger partial charge in [0.25, 0.3) is 0 Å². The number of nitrogens with one attached hydrogen (secondary N) is 1. The second-order valence-electron chi connectivity index (χ2n) is 6.90. The van der Waals surface area contributed by atoms with Gasteiger partial charge in [0.1, 0.15) is 0 Å². The molecule has 9 heteroatoms. The second-order valence-corrected chi connectivity index (χ2v) is 8.42. The number of nitrogens with two attached hydrogens (primary N) is 1. The molecular weight excluding hydrogens is 392 g/mol. The molecule has 0 saturated heterocycles. The number of hydrogen-bond donors (Lipinski definition) is 2. The summed E-state index contributed by atoms with van der Waals surface area (Å²) in [5.41, 5.74) is 8.71. The van der Waals surface area contributed by atoms with E-state index < -0.39 is 16.1 Å². The molecule has 0 aliphatic carbocycles. The van der Waals surface area contributed by atoms with E-state index in [1.54, 1.807) is 30.3 Å². The number of hydroxylamine groups is 1. The van der Waals surface area contributed by atoms with Gasteiger partial charge in [-0.1, -0.05) is 17.7 Å². The third-order valence-electron chi connectivity index (χ3n) is 4.44. The van der Waals surface area contributed by atoms with Gasteiger partial charge in [0.15, 0.2) is 0 Å². The van der Waals surface area contributed by atoms with E-state index in [0.29, 0.717) is 18.7 Å². The van der Waals surface area contributed by atoms with Crippen LogP contribution in [0.2, 0.25) is 0 Å². The Labute approximate surface area is 169 Å². The minimum absolute atomic E-state index is 0.0359. The highest BCUT2D eigenvalue weighted by molar-refractivity contribution is 7.86. The van der Waals surface area contributed by atoms with Crippen molar-refractivity contribution in [2.24, 2.45) is 5.73 Å². The molecule has 8 nitrogen and oxygen atoms in total. The number of rotatable bonds is 6. The van der Waals surface area contributed by atoms with Crippen molar-refractivity contribution in [1.29, 1.82) is 0 Å². The molecule has 0 unspecified atom stereocenters. The molecule has 3 aromatic rings. The molecule has 0 radical (unpaired) electrons. The van der Waals surface area contributed by atoms with E-state index in [2.05, 4.69) is 4.98 Å². The second kappa shape index (κ2) is 8.24. The molecule has 3 rings (SSSR count). The van der Waals surface area contributed by atoms with E-state index >= 15 is 0 Å². The highest BCUT2D eigenvalue weighted by Crippen LogP contribution is 2.27. The Bertz CT molecular complexity index is 1120. The zero-order valence-electron chi connectivity index (χ0n) is 16.5. The Balaban J connectivity index is 2.03. The maximum Gasteiger partial charge on any atom is 0.349 e. The van der Waals surface area contributed by atoms with Gasteiger partial charge in [0.05, 0.1) is 10.6 Å². The number of aromatic nitrogens is 1. The molecule has 0 aliphatic heterocycles. The maximum absolute atomic E-state index is 12.8. The van der Waals surface area contributed by atoms with Crippen LogP contribution in [0.5, 0.6) is 0 Å². The van der Waals surface area contributed by atoms with Crippen LogP contribution in [0, 0.1) is 6.92 Å². The molecular formula is C20H24N4O4S. The summed E-state index contributed by atoms with van der Waals surface area (Å²) in [4.78, 5) is 17.1. The molecule has 29 heavy (non-hydrogen) atoms. The number of nitrogens with zero attached hydrogens (tertiary/aromatic N) is 2. The van der Waals surface area contributed by atoms with E-state index in [1.807, 2.05) is 13.1 Å². The van der Waals surface area contributed by atoms with E-state index in [0.717, 1.165) is 27.1 Å². The van der Waals surface area contributed by atoms with E-state index in [1.165, 1.54) is 31.1 Å². The molecule has 2 aromatic carbocycles. The number of carbonyl (C=O) groups excluding carboxylic acids is 1. The minimum Gasteiger partial charge on any atom is -0.361 e. The van der Waals surface area contributed by atoms with Gasteiger partial charge in [-0.2, -0.15) is 13.5 Å². The van der Waals surface area contributed by atoms with E-state index in [9.17, 15) is 13.2 Å². The topological polar surface area (TPSA) is 109 Å². The van der Waals surface area contributed by atoms with Crippen molar-refractivity contribution in [3.63, 3.8) is 0 Å². The van der Waals surface area contributed by atoms with Crippen molar-refractivity contribution >= 4 is 32.7 Å². The summed E-state index contributed by atoms with van der Waals surface area (Å²) < 4.78 is 30.8. The Kier molecular flexibility index (Phi) is 5.92. The lowest BCUT2D eigenvalue weighted by Gasteiger charge is -2.24. The molecule has 2 amide bonds. The normalized spacial score (nSPS) is 11.6. The SMILES string of the molecule is Cc1ccc(S(=O)(=O)ON(C(=O)N(C)C)c2ccc3[nH]cc(CCN)c3c2)cc1. The number of amides is 2. The predicted molar refractivity (Wildman–Crippen MR) is 112 cm³/mol. The van der Waals surface area contributed by atoms with Crippen LogP contribution in [0.1, 0.15) is 11.1 Å². The smallest absolute Gasteiger partial charge is 0.349 e. The summed E-state index contributed by atoms with van der Waals surface area (Å²) >= 11 is 0. The van der Waals surface area contributed by atoms with Gasteiger partial charge in [0.2, 0.25) is 0 Å². The Morgan fingerprint density at radius 3 is 2.45 bits per heavy atom. The van der Waals surface area contributed by atoms with Crippen molar-refractivity contribution < 1.29 is 17.5 Å². The molecule has 0 saturated carbocycles. The average molecular weight is 417 g/mol. The standard InChI is InChI=1S/C20H24N4O4S/c1-14-4-7-17(8-5-14)29(26,27)28-24(20(25)23(2)3)16-6-9-19-18(12-16)15(10-11-21)13-22-19/h4-9,12-13,22H,10-11,21H2,1-3H3. The quantitative estimate of drug-likeness (QED) is 0.601. The first-order chi connectivity index (χ1) is 13.7. The lowest BCUT2D eigenvalue weighted by Crippen LogP contribution is -2.40. The molecule has 154 valence electrons. The number of carbonyl (C=O) groups is 1. The fraction of sp³-hybridized carbons (Fsp3) is 0.250. The third-order valence-corrected chi connectivity index (χ3v) is 5.63. The van der Waals surface area contributed by atoms with Gasteiger partial charge in [-0.3, -0.25) is 0 Å². The van der Waals surface area contributed by atoms with Crippen molar-refractivity contribution in [2.45, 2.75) is 18.2 Å². The van der Waals surface area contributed by atoms with Crippen LogP contribution < -0.4 is 10.8 Å². The number of aromatic amines is 1. The Morgan fingerprint density at radius 1 is 1.14 bits per heavy atom. The summed E-state index contributed by atoms with van der Waals surface area (Å²) in [6, 6.07) is 10.7. The average Bonchev–Trinajstić information content (AvgIpc) is 3.08. The molecule has 3 N–H and O–H groups in total. The summed E-state index contributed by atoms with van der Waals surface area (Å²) in [7, 11) is -1.17. The van der Waals surface area contributed by atoms with Crippen molar-refractivity contribution in [1.82, 2.24) is 9.88 Å². The minimum atomic E-state index is -4.21. The van der Waals surface area contributed by atoms with Crippen LogP contribution in [0.15, 0.2) is 53.6 Å². The van der Waals surface area contributed by atoms with E-state index in [4.69, 9.17) is 10.0 Å². The molecule has 0 spiro atoms. The maximum atomic E-state index is 12.8. The number of benzene rings is 2. The largest absolute Gasteiger partial charge is 0.361 e. The summed E-state index contributed by atoms with van der Waals surface area (Å²) in [6.07, 6.45) is 2.50. The van der Waals surface area contributed by atoms with Gasteiger partial charge < -0.3 is 15.6 Å². The highest BCUT2D eigenvalue weighted by atomic mass is 32.2. The van der Waals surface area contributed by atoms with E-state index in [-0.39, 0.29) is 4.90 Å². The number of H-pyrrole nitrogens is 1. The van der Waals surface area contributed by atoms with Gasteiger partial charge in [0, 0.05) is 31.2 Å². The molecule has 0 atom stereocenters. The molecule has 0 fully saturated rings. The van der Waals surface area contributed by atoms with Crippen molar-refractivity contribution in [3.05, 3.63) is 59.8 Å². The molecule has 1 aromatic heterocycles. The summed E-state index contributed by atoms with van der Waals surface area (Å²) in [5, 5.41) is 1.63.